The van der Waals surface area contributed by atoms with Crippen molar-refractivity contribution in [2.75, 3.05) is 0 Å². The van der Waals surface area contributed by atoms with Gasteiger partial charge in [-0.3, -0.25) is 0 Å². The van der Waals surface area contributed by atoms with E-state index in [1.165, 1.54) is 12.1 Å². The lowest BCUT2D eigenvalue weighted by Crippen LogP contribution is -2.22. The second-order valence-electron chi connectivity index (χ2n) is 8.65. The molecule has 0 aliphatic heterocycles. The van der Waals surface area contributed by atoms with Gasteiger partial charge in [-0.2, -0.15) is 8.78 Å². The van der Waals surface area contributed by atoms with Crippen molar-refractivity contribution in [3.8, 4) is 22.6 Å². The first-order valence-corrected chi connectivity index (χ1v) is 12.4. The Hall–Kier alpha value is -2.57. The lowest BCUT2D eigenvalue weighted by molar-refractivity contribution is -0.276. The van der Waals surface area contributed by atoms with Gasteiger partial charge in [-0.25, -0.2) is 13.2 Å². The van der Waals surface area contributed by atoms with Crippen LogP contribution in [0.15, 0.2) is 54.6 Å². The third kappa shape index (κ3) is 6.66. The highest BCUT2D eigenvalue weighted by Gasteiger charge is 2.36. The minimum atomic E-state index is -5.35. The number of hydrogen-bond acceptors (Lipinski definition) is 2. The van der Waals surface area contributed by atoms with Gasteiger partial charge < -0.3 is 9.47 Å². The lowest BCUT2D eigenvalue weighted by atomic mass is 9.84. The Labute approximate surface area is 220 Å². The molecule has 0 unspecified atom stereocenters. The predicted octanol–water partition coefficient (Wildman–Crippen LogP) is 9.26. The van der Waals surface area contributed by atoms with Crippen molar-refractivity contribution in [3.63, 3.8) is 0 Å². The first-order chi connectivity index (χ1) is 17.3. The molecule has 0 bridgehead atoms. The standard InChI is InChI=1S/C26H19F8IO2/c27-21-13-17(5-10-20(21)16-11-22(28)24(23(29)12-16)37-26(32,33)34)25(30,31)36-19-8-3-15(4-9-19)14-1-6-18(35)7-2-14/h3-5,8-14,18H,1-2,6-7H2. The maximum atomic E-state index is 14.8. The highest BCUT2D eigenvalue weighted by Crippen LogP contribution is 2.39. The van der Waals surface area contributed by atoms with Gasteiger partial charge in [0.05, 0.1) is 5.56 Å². The molecule has 11 heteroatoms. The van der Waals surface area contributed by atoms with Crippen molar-refractivity contribution in [3.05, 3.63) is 83.2 Å². The molecule has 0 heterocycles. The van der Waals surface area contributed by atoms with Crippen molar-refractivity contribution in [2.45, 2.75) is 48.0 Å². The van der Waals surface area contributed by atoms with E-state index in [2.05, 4.69) is 27.3 Å². The third-order valence-corrected chi connectivity index (χ3v) is 7.33. The number of halogens is 9. The summed E-state index contributed by atoms with van der Waals surface area (Å²) >= 11 is 2.42. The van der Waals surface area contributed by atoms with Crippen LogP contribution in [-0.4, -0.2) is 10.3 Å². The topological polar surface area (TPSA) is 18.5 Å². The van der Waals surface area contributed by atoms with Gasteiger partial charge in [-0.05, 0) is 79.1 Å². The summed E-state index contributed by atoms with van der Waals surface area (Å²) in [7, 11) is 0. The van der Waals surface area contributed by atoms with Crippen molar-refractivity contribution in [2.24, 2.45) is 0 Å². The fourth-order valence-electron chi connectivity index (χ4n) is 4.26. The molecule has 3 aromatic carbocycles. The van der Waals surface area contributed by atoms with Crippen LogP contribution in [0, 0.1) is 17.5 Å². The minimum absolute atomic E-state index is 0.134. The van der Waals surface area contributed by atoms with Gasteiger partial charge in [0.1, 0.15) is 11.6 Å². The quantitative estimate of drug-likeness (QED) is 0.152. The smallest absolute Gasteiger partial charge is 0.429 e. The van der Waals surface area contributed by atoms with Gasteiger partial charge in [0.2, 0.25) is 5.75 Å². The van der Waals surface area contributed by atoms with Crippen LogP contribution < -0.4 is 9.47 Å². The highest BCUT2D eigenvalue weighted by atomic mass is 127. The summed E-state index contributed by atoms with van der Waals surface area (Å²) in [6.45, 7) is 0. The van der Waals surface area contributed by atoms with Crippen molar-refractivity contribution >= 4 is 22.6 Å². The lowest BCUT2D eigenvalue weighted by Gasteiger charge is -2.26. The summed E-state index contributed by atoms with van der Waals surface area (Å²) in [4.78, 5) is 0. The zero-order valence-electron chi connectivity index (χ0n) is 18.9. The summed E-state index contributed by atoms with van der Waals surface area (Å²) in [5, 5.41) is 0. The van der Waals surface area contributed by atoms with Gasteiger partial charge >= 0.3 is 12.5 Å². The van der Waals surface area contributed by atoms with Crippen LogP contribution in [0.5, 0.6) is 11.5 Å². The van der Waals surface area contributed by atoms with Crippen LogP contribution in [-0.2, 0) is 6.11 Å². The molecule has 0 spiro atoms. The molecule has 0 radical (unpaired) electrons. The summed E-state index contributed by atoms with van der Waals surface area (Å²) < 4.78 is 118. The highest BCUT2D eigenvalue weighted by molar-refractivity contribution is 14.1. The molecule has 1 fully saturated rings. The minimum Gasteiger partial charge on any atom is -0.429 e. The van der Waals surface area contributed by atoms with E-state index < -0.39 is 52.4 Å². The average Bonchev–Trinajstić information content (AvgIpc) is 2.81. The molecule has 0 N–H and O–H groups in total. The maximum absolute atomic E-state index is 14.8. The zero-order chi connectivity index (χ0) is 27.0. The number of benzene rings is 3. The molecule has 0 aromatic heterocycles. The molecule has 4 rings (SSSR count). The predicted molar refractivity (Wildman–Crippen MR) is 128 cm³/mol. The Morgan fingerprint density at radius 1 is 0.703 bits per heavy atom. The van der Waals surface area contributed by atoms with Crippen LogP contribution in [0.2, 0.25) is 0 Å². The first kappa shape index (κ1) is 27.5. The SMILES string of the molecule is Fc1cc(C(F)(F)Oc2ccc(C3CCC(I)CC3)cc2)ccc1-c1cc(F)c(OC(F)(F)F)c(F)c1. The fraction of sp³-hybridized carbons (Fsp3) is 0.308. The van der Waals surface area contributed by atoms with E-state index in [9.17, 15) is 35.1 Å². The Bertz CT molecular complexity index is 1230. The maximum Gasteiger partial charge on any atom is 0.573 e. The van der Waals surface area contributed by atoms with E-state index in [1.807, 2.05) is 0 Å². The normalized spacial score (nSPS) is 18.5. The van der Waals surface area contributed by atoms with E-state index in [0.717, 1.165) is 43.4 Å². The molecule has 0 atom stereocenters. The van der Waals surface area contributed by atoms with Gasteiger partial charge in [0.15, 0.2) is 11.6 Å². The third-order valence-electron chi connectivity index (χ3n) is 6.09. The molecule has 0 saturated heterocycles. The van der Waals surface area contributed by atoms with Crippen molar-refractivity contribution < 1.29 is 44.6 Å². The van der Waals surface area contributed by atoms with Gasteiger partial charge in [0, 0.05) is 9.49 Å². The van der Waals surface area contributed by atoms with Crippen LogP contribution in [0.3, 0.4) is 0 Å². The zero-order valence-corrected chi connectivity index (χ0v) is 21.1. The Kier molecular flexibility index (Phi) is 7.91. The Balaban J connectivity index is 1.51. The molecule has 37 heavy (non-hydrogen) atoms. The first-order valence-electron chi connectivity index (χ1n) is 11.2. The Morgan fingerprint density at radius 3 is 1.84 bits per heavy atom. The van der Waals surface area contributed by atoms with Crippen molar-refractivity contribution in [1.82, 2.24) is 0 Å². The molecule has 1 saturated carbocycles. The van der Waals surface area contributed by atoms with Gasteiger partial charge in [0.25, 0.3) is 0 Å². The van der Waals surface area contributed by atoms with Crippen LogP contribution in [0.4, 0.5) is 35.1 Å². The summed E-state index contributed by atoms with van der Waals surface area (Å²) in [5.74, 6) is -6.26. The van der Waals surface area contributed by atoms with E-state index in [-0.39, 0.29) is 5.75 Å². The fourth-order valence-corrected chi connectivity index (χ4v) is 4.98. The average molecular weight is 642 g/mol. The number of hydrogen-bond donors (Lipinski definition) is 0. The largest absolute Gasteiger partial charge is 0.573 e. The second kappa shape index (κ2) is 10.7. The van der Waals surface area contributed by atoms with E-state index in [0.29, 0.717) is 28.0 Å². The number of rotatable bonds is 6. The molecule has 198 valence electrons. The van der Waals surface area contributed by atoms with E-state index in [4.69, 9.17) is 4.74 Å². The van der Waals surface area contributed by atoms with E-state index >= 15 is 0 Å². The molecule has 1 aliphatic rings. The van der Waals surface area contributed by atoms with Crippen molar-refractivity contribution in [1.29, 1.82) is 0 Å². The van der Waals surface area contributed by atoms with Gasteiger partial charge in [-0.15, -0.1) is 13.2 Å². The van der Waals surface area contributed by atoms with Gasteiger partial charge in [-0.1, -0.05) is 40.8 Å². The molecule has 2 nitrogen and oxygen atoms in total. The Morgan fingerprint density at radius 2 is 1.30 bits per heavy atom. The summed E-state index contributed by atoms with van der Waals surface area (Å²) in [6.07, 6.45) is -5.08. The summed E-state index contributed by atoms with van der Waals surface area (Å²) in [5.41, 5.74) is -0.858. The number of alkyl halides is 6. The molecular weight excluding hydrogens is 623 g/mol. The molecule has 0 amide bonds. The molecular formula is C26H19F8IO2. The molecule has 3 aromatic rings. The van der Waals surface area contributed by atoms with E-state index in [1.54, 1.807) is 12.1 Å². The molecule has 1 aliphatic carbocycles. The summed E-state index contributed by atoms with van der Waals surface area (Å²) in [6, 6.07) is 9.15. The van der Waals surface area contributed by atoms with Crippen LogP contribution >= 0.6 is 22.6 Å². The second-order valence-corrected chi connectivity index (χ2v) is 10.4. The van der Waals surface area contributed by atoms with Crippen LogP contribution in [0.25, 0.3) is 11.1 Å². The van der Waals surface area contributed by atoms with Crippen LogP contribution in [0.1, 0.15) is 42.7 Å². The monoisotopic (exact) mass is 642 g/mol. The number of ether oxygens (including phenoxy) is 2.